The zero-order valence-electron chi connectivity index (χ0n) is 19.2. The van der Waals surface area contributed by atoms with Crippen LogP contribution in [0.15, 0.2) is 60.7 Å². The van der Waals surface area contributed by atoms with Crippen LogP contribution in [0.3, 0.4) is 0 Å². The van der Waals surface area contributed by atoms with E-state index < -0.39 is 0 Å². The molecule has 1 heterocycles. The zero-order chi connectivity index (χ0) is 21.9. The summed E-state index contributed by atoms with van der Waals surface area (Å²) in [6.45, 7) is 10.0. The second-order valence-electron chi connectivity index (χ2n) is 7.12. The van der Waals surface area contributed by atoms with Crippen molar-refractivity contribution in [2.24, 2.45) is 0 Å². The van der Waals surface area contributed by atoms with E-state index in [4.69, 9.17) is 0 Å². The van der Waals surface area contributed by atoms with E-state index in [-0.39, 0.29) is 5.91 Å². The Morgan fingerprint density at radius 1 is 0.897 bits per heavy atom. The first-order chi connectivity index (χ1) is 14.0. The SMILES string of the molecule is CCC.COC.Cc1cccc(CC(=O)N2CCN(C)CC2)c1.c1ccccc1. The first-order valence-corrected chi connectivity index (χ1v) is 10.4. The summed E-state index contributed by atoms with van der Waals surface area (Å²) in [5.41, 5.74) is 2.34. The number of hydrogen-bond acceptors (Lipinski definition) is 3. The normalized spacial score (nSPS) is 13.0. The highest BCUT2D eigenvalue weighted by Crippen LogP contribution is 2.08. The van der Waals surface area contributed by atoms with Gasteiger partial charge in [-0.15, -0.1) is 0 Å². The van der Waals surface area contributed by atoms with Crippen molar-refractivity contribution < 1.29 is 9.53 Å². The largest absolute Gasteiger partial charge is 0.388 e. The van der Waals surface area contributed by atoms with Crippen LogP contribution < -0.4 is 0 Å². The van der Waals surface area contributed by atoms with Crippen LogP contribution in [0.4, 0.5) is 0 Å². The molecule has 1 amide bonds. The van der Waals surface area contributed by atoms with Crippen LogP contribution in [0.5, 0.6) is 0 Å². The second kappa shape index (κ2) is 17.9. The third kappa shape index (κ3) is 14.5. The molecule has 0 atom stereocenters. The Hall–Kier alpha value is -2.17. The van der Waals surface area contributed by atoms with Crippen molar-refractivity contribution in [3.8, 4) is 0 Å². The van der Waals surface area contributed by atoms with Crippen molar-refractivity contribution in [3.05, 3.63) is 71.8 Å². The number of nitrogens with zero attached hydrogens (tertiary/aromatic N) is 2. The topological polar surface area (TPSA) is 32.8 Å². The Morgan fingerprint density at radius 3 is 1.76 bits per heavy atom. The molecule has 1 saturated heterocycles. The van der Waals surface area contributed by atoms with Crippen LogP contribution in [0, 0.1) is 6.92 Å². The molecule has 2 aromatic carbocycles. The molecule has 29 heavy (non-hydrogen) atoms. The summed E-state index contributed by atoms with van der Waals surface area (Å²) < 4.78 is 4.25. The standard InChI is InChI=1S/C14H20N2O.C6H6.C3H8.C2H6O/c1-12-4-3-5-13(10-12)11-14(17)16-8-6-15(2)7-9-16;1-2-4-6-5-3-1;2*1-3-2/h3-5,10H,6-9,11H2,1-2H3;1-6H;3H2,1-2H3;1-2H3. The molecule has 3 rings (SSSR count). The van der Waals surface area contributed by atoms with E-state index >= 15 is 0 Å². The third-order valence-corrected chi connectivity index (χ3v) is 3.96. The number of likely N-dealkylation sites (N-methyl/N-ethyl adjacent to an activating group) is 1. The van der Waals surface area contributed by atoms with Gasteiger partial charge in [0.2, 0.25) is 5.91 Å². The molecule has 0 radical (unpaired) electrons. The Morgan fingerprint density at radius 2 is 1.34 bits per heavy atom. The fourth-order valence-electron chi connectivity index (χ4n) is 2.55. The lowest BCUT2D eigenvalue weighted by molar-refractivity contribution is -0.132. The Labute approximate surface area is 178 Å². The molecule has 0 unspecified atom stereocenters. The predicted octanol–water partition coefficient (Wildman–Crippen LogP) is 4.68. The van der Waals surface area contributed by atoms with Gasteiger partial charge in [-0.25, -0.2) is 0 Å². The van der Waals surface area contributed by atoms with Gasteiger partial charge < -0.3 is 14.5 Å². The van der Waals surface area contributed by atoms with Gasteiger partial charge in [0.15, 0.2) is 0 Å². The number of carbonyl (C=O) groups excluding carboxylic acids is 1. The number of aryl methyl sites for hydroxylation is 1. The molecule has 0 bridgehead atoms. The average Bonchev–Trinajstić information content (AvgIpc) is 2.71. The van der Waals surface area contributed by atoms with Gasteiger partial charge in [-0.3, -0.25) is 4.79 Å². The molecule has 1 aliphatic rings. The summed E-state index contributed by atoms with van der Waals surface area (Å²) in [7, 11) is 5.35. The first-order valence-electron chi connectivity index (χ1n) is 10.4. The maximum Gasteiger partial charge on any atom is 0.227 e. The monoisotopic (exact) mass is 400 g/mol. The van der Waals surface area contributed by atoms with Gasteiger partial charge in [0.1, 0.15) is 0 Å². The number of hydrogen-bond donors (Lipinski definition) is 0. The fraction of sp³-hybridized carbons (Fsp3) is 0.480. The number of rotatable bonds is 2. The van der Waals surface area contributed by atoms with Crippen LogP contribution in [0.1, 0.15) is 31.4 Å². The van der Waals surface area contributed by atoms with Crippen LogP contribution >= 0.6 is 0 Å². The molecule has 0 aromatic heterocycles. The molecule has 0 spiro atoms. The number of carbonyl (C=O) groups is 1. The van der Waals surface area contributed by atoms with E-state index in [0.717, 1.165) is 31.7 Å². The quantitative estimate of drug-likeness (QED) is 0.734. The van der Waals surface area contributed by atoms with E-state index in [1.807, 2.05) is 53.4 Å². The average molecular weight is 401 g/mol. The molecule has 2 aromatic rings. The van der Waals surface area contributed by atoms with E-state index in [0.29, 0.717) is 6.42 Å². The maximum absolute atomic E-state index is 12.1. The molecule has 0 saturated carbocycles. The fourth-order valence-corrected chi connectivity index (χ4v) is 2.55. The molecule has 1 aliphatic heterocycles. The van der Waals surface area contributed by atoms with Gasteiger partial charge in [0, 0.05) is 40.4 Å². The number of amides is 1. The summed E-state index contributed by atoms with van der Waals surface area (Å²) in [6, 6.07) is 20.2. The predicted molar refractivity (Wildman–Crippen MR) is 124 cm³/mol. The minimum atomic E-state index is 0.253. The molecule has 4 nitrogen and oxygen atoms in total. The lowest BCUT2D eigenvalue weighted by Crippen LogP contribution is -2.47. The molecule has 4 heteroatoms. The molecule has 1 fully saturated rings. The summed E-state index contributed by atoms with van der Waals surface area (Å²) in [4.78, 5) is 16.3. The minimum Gasteiger partial charge on any atom is -0.388 e. The summed E-state index contributed by atoms with van der Waals surface area (Å²) in [5, 5.41) is 0. The highest BCUT2D eigenvalue weighted by atomic mass is 16.4. The van der Waals surface area contributed by atoms with Crippen molar-refractivity contribution in [2.45, 2.75) is 33.6 Å². The highest BCUT2D eigenvalue weighted by molar-refractivity contribution is 5.78. The maximum atomic E-state index is 12.1. The molecular weight excluding hydrogens is 360 g/mol. The van der Waals surface area contributed by atoms with Crippen molar-refractivity contribution in [2.75, 3.05) is 47.4 Å². The minimum absolute atomic E-state index is 0.253. The van der Waals surface area contributed by atoms with Crippen molar-refractivity contribution in [3.63, 3.8) is 0 Å². The highest BCUT2D eigenvalue weighted by Gasteiger charge is 2.18. The van der Waals surface area contributed by atoms with Crippen LogP contribution in [0.25, 0.3) is 0 Å². The second-order valence-corrected chi connectivity index (χ2v) is 7.12. The number of benzene rings is 2. The molecule has 0 aliphatic carbocycles. The summed E-state index contributed by atoms with van der Waals surface area (Å²) in [5.74, 6) is 0.253. The van der Waals surface area contributed by atoms with E-state index in [2.05, 4.69) is 49.6 Å². The summed E-state index contributed by atoms with van der Waals surface area (Å²) >= 11 is 0. The molecule has 162 valence electrons. The molecule has 0 N–H and O–H groups in total. The smallest absolute Gasteiger partial charge is 0.227 e. The summed E-state index contributed by atoms with van der Waals surface area (Å²) in [6.07, 6.45) is 1.78. The van der Waals surface area contributed by atoms with Crippen molar-refractivity contribution in [1.29, 1.82) is 0 Å². The lowest BCUT2D eigenvalue weighted by atomic mass is 10.1. The van der Waals surface area contributed by atoms with E-state index in [1.165, 1.54) is 12.0 Å². The van der Waals surface area contributed by atoms with Gasteiger partial charge in [-0.2, -0.15) is 0 Å². The van der Waals surface area contributed by atoms with E-state index in [9.17, 15) is 4.79 Å². The van der Waals surface area contributed by atoms with Gasteiger partial charge in [-0.1, -0.05) is 86.5 Å². The Kier molecular flexibility index (Phi) is 16.6. The van der Waals surface area contributed by atoms with Crippen LogP contribution in [-0.4, -0.2) is 63.2 Å². The zero-order valence-corrected chi connectivity index (χ0v) is 19.2. The van der Waals surface area contributed by atoms with Crippen LogP contribution in [0.2, 0.25) is 0 Å². The van der Waals surface area contributed by atoms with Crippen molar-refractivity contribution >= 4 is 5.91 Å². The molecular formula is C25H40N2O2. The number of methoxy groups -OCH3 is 1. The third-order valence-electron chi connectivity index (χ3n) is 3.96. The van der Waals surface area contributed by atoms with Gasteiger partial charge >= 0.3 is 0 Å². The van der Waals surface area contributed by atoms with Gasteiger partial charge in [0.05, 0.1) is 6.42 Å². The first kappa shape index (κ1) is 26.8. The van der Waals surface area contributed by atoms with Gasteiger partial charge in [-0.05, 0) is 19.5 Å². The van der Waals surface area contributed by atoms with Crippen molar-refractivity contribution in [1.82, 2.24) is 9.80 Å². The lowest BCUT2D eigenvalue weighted by Gasteiger charge is -2.32. The Bertz CT molecular complexity index is 595. The number of piperazine rings is 1. The van der Waals surface area contributed by atoms with Gasteiger partial charge in [0.25, 0.3) is 0 Å². The van der Waals surface area contributed by atoms with Crippen LogP contribution in [-0.2, 0) is 16.0 Å². The number of ether oxygens (including phenoxy) is 1. The van der Waals surface area contributed by atoms with E-state index in [1.54, 1.807) is 14.2 Å². The Balaban J connectivity index is 0.000000536.